The molecule has 3 atom stereocenters. The lowest BCUT2D eigenvalue weighted by Crippen LogP contribution is -2.69. The molecule has 1 saturated heterocycles. The minimum absolute atomic E-state index is 0.0599. The average Bonchev–Trinajstić information content (AvgIpc) is 3.10. The predicted molar refractivity (Wildman–Crippen MR) is 93.3 cm³/mol. The van der Waals surface area contributed by atoms with Gasteiger partial charge in [0.25, 0.3) is 5.91 Å². The van der Waals surface area contributed by atoms with Crippen molar-refractivity contribution in [1.82, 2.24) is 4.90 Å². The van der Waals surface area contributed by atoms with Crippen molar-refractivity contribution < 1.29 is 14.6 Å². The van der Waals surface area contributed by atoms with Crippen LogP contribution in [-0.2, 0) is 16.1 Å². The summed E-state index contributed by atoms with van der Waals surface area (Å²) in [6.07, 6.45) is 6.67. The molecule has 4 heteroatoms. The lowest BCUT2D eigenvalue weighted by atomic mass is 9.88. The first-order valence-electron chi connectivity index (χ1n) is 8.63. The minimum atomic E-state index is -0.590. The normalized spacial score (nSPS) is 24.5. The zero-order chi connectivity index (χ0) is 16.9. The van der Waals surface area contributed by atoms with Gasteiger partial charge in [0.2, 0.25) is 0 Å². The van der Waals surface area contributed by atoms with Gasteiger partial charge < -0.3 is 14.7 Å². The molecule has 24 heavy (non-hydrogen) atoms. The number of carbonyl (C=O) groups excluding carboxylic acids is 1. The molecule has 0 bridgehead atoms. The van der Waals surface area contributed by atoms with Gasteiger partial charge >= 0.3 is 0 Å². The topological polar surface area (TPSA) is 49.8 Å². The molecule has 128 valence electrons. The molecule has 1 aliphatic heterocycles. The highest BCUT2D eigenvalue weighted by molar-refractivity contribution is 5.88. The van der Waals surface area contributed by atoms with E-state index in [0.29, 0.717) is 19.6 Å². The van der Waals surface area contributed by atoms with E-state index in [2.05, 4.69) is 12.7 Å². The monoisotopic (exact) mass is 327 g/mol. The first-order chi connectivity index (χ1) is 11.7. The molecule has 0 saturated carbocycles. The van der Waals surface area contributed by atoms with E-state index in [0.717, 1.165) is 24.8 Å². The SMILES string of the molecule is C=CCN1C(=O)[C@H](OCc2ccccc2)[C@@H]1[C@H](O)CC1=CCCC1. The number of aliphatic hydroxyl groups is 1. The number of benzene rings is 1. The molecular weight excluding hydrogens is 302 g/mol. The lowest BCUT2D eigenvalue weighted by molar-refractivity contribution is -0.185. The van der Waals surface area contributed by atoms with Crippen LogP contribution in [0.25, 0.3) is 0 Å². The molecule has 3 rings (SSSR count). The van der Waals surface area contributed by atoms with E-state index in [4.69, 9.17) is 4.74 Å². The van der Waals surface area contributed by atoms with Gasteiger partial charge in [0.05, 0.1) is 18.8 Å². The maximum atomic E-state index is 12.4. The smallest absolute Gasteiger partial charge is 0.254 e. The summed E-state index contributed by atoms with van der Waals surface area (Å²) in [6.45, 7) is 4.53. The number of hydrogen-bond acceptors (Lipinski definition) is 3. The summed E-state index contributed by atoms with van der Waals surface area (Å²) in [7, 11) is 0. The van der Waals surface area contributed by atoms with E-state index in [9.17, 15) is 9.90 Å². The van der Waals surface area contributed by atoms with E-state index in [1.54, 1.807) is 11.0 Å². The molecule has 1 amide bonds. The standard InChI is InChI=1S/C20H25NO3/c1-2-12-21-18(17(22)13-15-8-6-7-9-15)19(20(21)23)24-14-16-10-4-3-5-11-16/h2-5,8,10-11,17-19,22H,1,6-7,9,12-14H2/t17-,18+,19-/m1/s1. The zero-order valence-corrected chi connectivity index (χ0v) is 13.9. The number of carbonyl (C=O) groups is 1. The van der Waals surface area contributed by atoms with Gasteiger partial charge in [-0.05, 0) is 31.2 Å². The van der Waals surface area contributed by atoms with E-state index >= 15 is 0 Å². The molecule has 1 heterocycles. The van der Waals surface area contributed by atoms with Crippen molar-refractivity contribution in [1.29, 1.82) is 0 Å². The van der Waals surface area contributed by atoms with Crippen LogP contribution in [0.5, 0.6) is 0 Å². The van der Waals surface area contributed by atoms with E-state index in [1.165, 1.54) is 5.57 Å². The summed E-state index contributed by atoms with van der Waals surface area (Å²) in [5.74, 6) is -0.0599. The quantitative estimate of drug-likeness (QED) is 0.590. The molecule has 1 aromatic rings. The Morgan fingerprint density at radius 1 is 1.38 bits per heavy atom. The number of likely N-dealkylation sites (tertiary alicyclic amines) is 1. The number of β-lactam (4-membered cyclic amide) rings is 1. The highest BCUT2D eigenvalue weighted by Crippen LogP contribution is 2.31. The van der Waals surface area contributed by atoms with Crippen LogP contribution < -0.4 is 0 Å². The Hall–Kier alpha value is -1.91. The van der Waals surface area contributed by atoms with E-state index < -0.39 is 12.2 Å². The summed E-state index contributed by atoms with van der Waals surface area (Å²) in [5.41, 5.74) is 2.32. The van der Waals surface area contributed by atoms with Crippen LogP contribution in [0.1, 0.15) is 31.2 Å². The molecule has 0 aromatic heterocycles. The van der Waals surface area contributed by atoms with Crippen LogP contribution in [0, 0.1) is 0 Å². The molecule has 1 aliphatic carbocycles. The second-order valence-electron chi connectivity index (χ2n) is 6.51. The third-order valence-electron chi connectivity index (χ3n) is 4.80. The number of hydrogen-bond donors (Lipinski definition) is 1. The van der Waals surface area contributed by atoms with Crippen LogP contribution in [-0.4, -0.2) is 40.7 Å². The van der Waals surface area contributed by atoms with Crippen molar-refractivity contribution in [3.63, 3.8) is 0 Å². The maximum absolute atomic E-state index is 12.4. The Morgan fingerprint density at radius 2 is 2.17 bits per heavy atom. The fraction of sp³-hybridized carbons (Fsp3) is 0.450. The largest absolute Gasteiger partial charge is 0.391 e. The van der Waals surface area contributed by atoms with Gasteiger partial charge in [-0.25, -0.2) is 0 Å². The third kappa shape index (κ3) is 3.60. The Balaban J connectivity index is 1.64. The first kappa shape index (κ1) is 16.9. The Kier molecular flexibility index (Phi) is 5.48. The van der Waals surface area contributed by atoms with Gasteiger partial charge in [-0.1, -0.05) is 48.1 Å². The number of amides is 1. The number of aliphatic hydroxyl groups excluding tert-OH is 1. The van der Waals surface area contributed by atoms with Crippen LogP contribution in [0.4, 0.5) is 0 Å². The van der Waals surface area contributed by atoms with Gasteiger partial charge in [-0.15, -0.1) is 6.58 Å². The maximum Gasteiger partial charge on any atom is 0.254 e. The summed E-state index contributed by atoms with van der Waals surface area (Å²) in [6, 6.07) is 9.50. The summed E-state index contributed by atoms with van der Waals surface area (Å²) in [5, 5.41) is 10.7. The predicted octanol–water partition coefficient (Wildman–Crippen LogP) is 2.83. The van der Waals surface area contributed by atoms with Crippen LogP contribution >= 0.6 is 0 Å². The lowest BCUT2D eigenvalue weighted by Gasteiger charge is -2.48. The van der Waals surface area contributed by atoms with Crippen molar-refractivity contribution in [3.05, 3.63) is 60.2 Å². The molecule has 1 aromatic carbocycles. The molecule has 1 fully saturated rings. The first-order valence-corrected chi connectivity index (χ1v) is 8.63. The molecule has 0 spiro atoms. The Labute approximate surface area is 143 Å². The third-order valence-corrected chi connectivity index (χ3v) is 4.80. The van der Waals surface area contributed by atoms with Crippen molar-refractivity contribution in [2.45, 2.75) is 50.5 Å². The highest BCUT2D eigenvalue weighted by Gasteiger charge is 2.51. The molecule has 0 unspecified atom stereocenters. The van der Waals surface area contributed by atoms with E-state index in [1.807, 2.05) is 30.3 Å². The zero-order valence-electron chi connectivity index (χ0n) is 13.9. The summed E-state index contributed by atoms with van der Waals surface area (Å²) in [4.78, 5) is 14.0. The summed E-state index contributed by atoms with van der Waals surface area (Å²) >= 11 is 0. The van der Waals surface area contributed by atoms with Gasteiger partial charge in [-0.2, -0.15) is 0 Å². The fourth-order valence-electron chi connectivity index (χ4n) is 3.54. The Morgan fingerprint density at radius 3 is 2.83 bits per heavy atom. The summed E-state index contributed by atoms with van der Waals surface area (Å²) < 4.78 is 5.85. The molecule has 4 nitrogen and oxygen atoms in total. The van der Waals surface area contributed by atoms with Crippen molar-refractivity contribution in [3.8, 4) is 0 Å². The molecular formula is C20H25NO3. The number of nitrogens with zero attached hydrogens (tertiary/aromatic N) is 1. The van der Waals surface area contributed by atoms with Gasteiger partial charge in [0.1, 0.15) is 0 Å². The van der Waals surface area contributed by atoms with Crippen molar-refractivity contribution in [2.24, 2.45) is 0 Å². The molecule has 0 radical (unpaired) electrons. The number of ether oxygens (including phenoxy) is 1. The molecule has 2 aliphatic rings. The van der Waals surface area contributed by atoms with Crippen molar-refractivity contribution in [2.75, 3.05) is 6.54 Å². The van der Waals surface area contributed by atoms with Gasteiger partial charge in [-0.3, -0.25) is 4.79 Å². The van der Waals surface area contributed by atoms with E-state index in [-0.39, 0.29) is 11.9 Å². The van der Waals surface area contributed by atoms with Crippen LogP contribution in [0.15, 0.2) is 54.6 Å². The van der Waals surface area contributed by atoms with Crippen LogP contribution in [0.3, 0.4) is 0 Å². The highest BCUT2D eigenvalue weighted by atomic mass is 16.5. The van der Waals surface area contributed by atoms with Gasteiger partial charge in [0, 0.05) is 6.54 Å². The van der Waals surface area contributed by atoms with Gasteiger partial charge in [0.15, 0.2) is 6.10 Å². The number of allylic oxidation sites excluding steroid dienone is 1. The molecule has 1 N–H and O–H groups in total. The second kappa shape index (κ2) is 7.77. The second-order valence-corrected chi connectivity index (χ2v) is 6.51. The number of rotatable bonds is 8. The minimum Gasteiger partial charge on any atom is -0.391 e. The fourth-order valence-corrected chi connectivity index (χ4v) is 3.54. The van der Waals surface area contributed by atoms with Crippen molar-refractivity contribution >= 4 is 5.91 Å². The van der Waals surface area contributed by atoms with Crippen LogP contribution in [0.2, 0.25) is 0 Å². The Bertz CT molecular complexity index is 611. The average molecular weight is 327 g/mol.